The van der Waals surface area contributed by atoms with Gasteiger partial charge in [-0.1, -0.05) is 48.0 Å². The summed E-state index contributed by atoms with van der Waals surface area (Å²) < 4.78 is 10.7. The van der Waals surface area contributed by atoms with Crippen molar-refractivity contribution in [2.45, 2.75) is 13.0 Å². The van der Waals surface area contributed by atoms with Gasteiger partial charge in [-0.15, -0.1) is 0 Å². The second-order valence-electron chi connectivity index (χ2n) is 7.59. The maximum Gasteiger partial charge on any atom is 0.255 e. The lowest BCUT2D eigenvalue weighted by atomic mass is 9.94. The van der Waals surface area contributed by atoms with Crippen molar-refractivity contribution < 1.29 is 14.3 Å². The number of para-hydroxylation sites is 1. The summed E-state index contributed by atoms with van der Waals surface area (Å²) in [6.45, 7) is 1.88. The molecule has 0 saturated carbocycles. The first-order valence-electron chi connectivity index (χ1n) is 10.6. The average molecular weight is 494 g/mol. The molecule has 0 aliphatic carbocycles. The van der Waals surface area contributed by atoms with Crippen molar-refractivity contribution in [3.05, 3.63) is 94.7 Å². The van der Waals surface area contributed by atoms with Crippen LogP contribution in [-0.4, -0.2) is 25.2 Å². The highest BCUT2D eigenvalue weighted by Gasteiger charge is 2.35. The minimum atomic E-state index is -0.537. The average Bonchev–Trinajstić information content (AvgIpc) is 2.84. The molecular weight excluding hydrogens is 470 g/mol. The molecule has 34 heavy (non-hydrogen) atoms. The Balaban J connectivity index is 1.81. The number of allylic oxidation sites excluding steroid dienone is 1. The maximum absolute atomic E-state index is 13.8. The standard InChI is InChI=1S/C26H24ClN3O3S/c1-16-23(25(31)28-21-14-13-18(32-2)15-22(21)33-3)24(19-11-7-8-12-20(19)27)29-26(34)30(16)17-9-5-4-6-10-17/h4-15,24H,1-3H3,(H,28,31)(H,29,34). The third-order valence-electron chi connectivity index (χ3n) is 5.62. The van der Waals surface area contributed by atoms with Gasteiger partial charge < -0.3 is 20.1 Å². The number of hydrogen-bond acceptors (Lipinski definition) is 4. The number of carbonyl (C=O) groups is 1. The zero-order valence-electron chi connectivity index (χ0n) is 19.0. The van der Waals surface area contributed by atoms with E-state index in [-0.39, 0.29) is 5.91 Å². The Morgan fingerprint density at radius 2 is 1.74 bits per heavy atom. The molecule has 6 nitrogen and oxygen atoms in total. The van der Waals surface area contributed by atoms with Crippen LogP contribution in [-0.2, 0) is 4.79 Å². The van der Waals surface area contributed by atoms with E-state index in [1.807, 2.05) is 60.4 Å². The lowest BCUT2D eigenvalue weighted by Crippen LogP contribution is -2.48. The van der Waals surface area contributed by atoms with Gasteiger partial charge in [-0.25, -0.2) is 0 Å². The largest absolute Gasteiger partial charge is 0.497 e. The van der Waals surface area contributed by atoms with Crippen LogP contribution >= 0.6 is 23.8 Å². The monoisotopic (exact) mass is 493 g/mol. The molecule has 1 atom stereocenters. The van der Waals surface area contributed by atoms with Crippen LogP contribution in [0.2, 0.25) is 5.02 Å². The lowest BCUT2D eigenvalue weighted by molar-refractivity contribution is -0.113. The SMILES string of the molecule is COc1ccc(NC(=O)C2=C(C)N(c3ccccc3)C(=S)NC2c2ccccc2Cl)c(OC)c1. The third kappa shape index (κ3) is 4.58. The molecule has 3 aromatic carbocycles. The van der Waals surface area contributed by atoms with Crippen LogP contribution < -0.4 is 25.0 Å². The van der Waals surface area contributed by atoms with E-state index in [9.17, 15) is 4.79 Å². The molecule has 4 rings (SSSR count). The molecule has 1 heterocycles. The Hall–Kier alpha value is -3.55. The van der Waals surface area contributed by atoms with Gasteiger partial charge in [0.1, 0.15) is 11.5 Å². The molecule has 1 aliphatic heterocycles. The van der Waals surface area contributed by atoms with Crippen molar-refractivity contribution >= 4 is 46.2 Å². The molecular formula is C26H24ClN3O3S. The van der Waals surface area contributed by atoms with Crippen LogP contribution in [0.1, 0.15) is 18.5 Å². The topological polar surface area (TPSA) is 62.8 Å². The second kappa shape index (κ2) is 10.2. The molecule has 1 amide bonds. The van der Waals surface area contributed by atoms with E-state index in [0.717, 1.165) is 11.3 Å². The van der Waals surface area contributed by atoms with Crippen molar-refractivity contribution in [1.82, 2.24) is 5.32 Å². The zero-order chi connectivity index (χ0) is 24.2. The van der Waals surface area contributed by atoms with Gasteiger partial charge in [0.25, 0.3) is 5.91 Å². The number of thiocarbonyl (C=S) groups is 1. The van der Waals surface area contributed by atoms with Crippen molar-refractivity contribution in [1.29, 1.82) is 0 Å². The highest BCUT2D eigenvalue weighted by molar-refractivity contribution is 7.80. The summed E-state index contributed by atoms with van der Waals surface area (Å²) in [5.41, 5.74) is 3.31. The summed E-state index contributed by atoms with van der Waals surface area (Å²) in [6.07, 6.45) is 0. The van der Waals surface area contributed by atoms with E-state index in [0.29, 0.717) is 38.6 Å². The normalized spacial score (nSPS) is 15.6. The number of ether oxygens (including phenoxy) is 2. The highest BCUT2D eigenvalue weighted by Crippen LogP contribution is 2.37. The van der Waals surface area contributed by atoms with E-state index >= 15 is 0 Å². The van der Waals surface area contributed by atoms with E-state index in [4.69, 9.17) is 33.3 Å². The van der Waals surface area contributed by atoms with Crippen LogP contribution in [0.5, 0.6) is 11.5 Å². The Labute approximate surface area is 209 Å². The van der Waals surface area contributed by atoms with E-state index in [2.05, 4.69) is 10.6 Å². The number of hydrogen-bond donors (Lipinski definition) is 2. The Bertz CT molecular complexity index is 1260. The predicted molar refractivity (Wildman–Crippen MR) is 140 cm³/mol. The minimum absolute atomic E-state index is 0.304. The first-order valence-corrected chi connectivity index (χ1v) is 11.4. The van der Waals surface area contributed by atoms with Gasteiger partial charge in [0, 0.05) is 22.5 Å². The molecule has 0 radical (unpaired) electrons. The molecule has 0 spiro atoms. The summed E-state index contributed by atoms with van der Waals surface area (Å²) in [6, 6.07) is 21.7. The van der Waals surface area contributed by atoms with Crippen molar-refractivity contribution in [2.75, 3.05) is 24.4 Å². The Morgan fingerprint density at radius 1 is 1.03 bits per heavy atom. The number of methoxy groups -OCH3 is 2. The van der Waals surface area contributed by atoms with Crippen molar-refractivity contribution in [3.63, 3.8) is 0 Å². The smallest absolute Gasteiger partial charge is 0.255 e. The van der Waals surface area contributed by atoms with Crippen LogP contribution in [0.25, 0.3) is 0 Å². The van der Waals surface area contributed by atoms with Gasteiger partial charge in [0.05, 0.1) is 31.5 Å². The number of rotatable bonds is 6. The Kier molecular flexibility index (Phi) is 7.05. The van der Waals surface area contributed by atoms with Gasteiger partial charge in [0.15, 0.2) is 5.11 Å². The first-order chi connectivity index (χ1) is 16.4. The molecule has 1 unspecified atom stereocenters. The van der Waals surface area contributed by atoms with Gasteiger partial charge in [-0.3, -0.25) is 9.69 Å². The number of anilines is 2. The number of halogens is 1. The van der Waals surface area contributed by atoms with E-state index in [1.165, 1.54) is 0 Å². The summed E-state index contributed by atoms with van der Waals surface area (Å²) in [4.78, 5) is 15.6. The highest BCUT2D eigenvalue weighted by atomic mass is 35.5. The fraction of sp³-hybridized carbons (Fsp3) is 0.154. The molecule has 174 valence electrons. The minimum Gasteiger partial charge on any atom is -0.497 e. The molecule has 0 bridgehead atoms. The fourth-order valence-corrected chi connectivity index (χ4v) is 4.56. The van der Waals surface area contributed by atoms with E-state index in [1.54, 1.807) is 38.5 Å². The van der Waals surface area contributed by atoms with Crippen LogP contribution in [0, 0.1) is 0 Å². The molecule has 8 heteroatoms. The van der Waals surface area contributed by atoms with Gasteiger partial charge in [-0.05, 0) is 55.0 Å². The zero-order valence-corrected chi connectivity index (χ0v) is 20.5. The number of nitrogens with zero attached hydrogens (tertiary/aromatic N) is 1. The molecule has 3 aromatic rings. The van der Waals surface area contributed by atoms with Crippen LogP contribution in [0.4, 0.5) is 11.4 Å². The van der Waals surface area contributed by atoms with Crippen molar-refractivity contribution in [3.8, 4) is 11.5 Å². The lowest BCUT2D eigenvalue weighted by Gasteiger charge is -2.38. The molecule has 0 saturated heterocycles. The Morgan fingerprint density at radius 3 is 2.41 bits per heavy atom. The van der Waals surface area contributed by atoms with Gasteiger partial charge in [-0.2, -0.15) is 0 Å². The van der Waals surface area contributed by atoms with E-state index < -0.39 is 6.04 Å². The summed E-state index contributed by atoms with van der Waals surface area (Å²) in [5, 5.41) is 7.32. The third-order valence-corrected chi connectivity index (χ3v) is 6.26. The first kappa shape index (κ1) is 23.6. The van der Waals surface area contributed by atoms with Crippen LogP contribution in [0.3, 0.4) is 0 Å². The van der Waals surface area contributed by atoms with Gasteiger partial charge in [0.2, 0.25) is 0 Å². The number of amides is 1. The summed E-state index contributed by atoms with van der Waals surface area (Å²) in [5.74, 6) is 0.806. The van der Waals surface area contributed by atoms with Gasteiger partial charge >= 0.3 is 0 Å². The summed E-state index contributed by atoms with van der Waals surface area (Å²) in [7, 11) is 3.11. The maximum atomic E-state index is 13.8. The number of nitrogens with one attached hydrogen (secondary N) is 2. The molecule has 0 aromatic heterocycles. The fourth-order valence-electron chi connectivity index (χ4n) is 3.96. The molecule has 2 N–H and O–H groups in total. The number of benzene rings is 3. The molecule has 0 fully saturated rings. The summed E-state index contributed by atoms with van der Waals surface area (Å²) >= 11 is 12.2. The second-order valence-corrected chi connectivity index (χ2v) is 8.39. The van der Waals surface area contributed by atoms with Crippen molar-refractivity contribution in [2.24, 2.45) is 0 Å². The number of carbonyl (C=O) groups excluding carboxylic acids is 1. The molecule has 1 aliphatic rings. The predicted octanol–water partition coefficient (Wildman–Crippen LogP) is 5.71. The quantitative estimate of drug-likeness (QED) is 0.429. The van der Waals surface area contributed by atoms with Crippen LogP contribution in [0.15, 0.2) is 84.1 Å².